The summed E-state index contributed by atoms with van der Waals surface area (Å²) < 4.78 is 14.2. The van der Waals surface area contributed by atoms with Gasteiger partial charge in [0.2, 0.25) is 11.8 Å². The van der Waals surface area contributed by atoms with Gasteiger partial charge >= 0.3 is 0 Å². The summed E-state index contributed by atoms with van der Waals surface area (Å²) in [5, 5.41) is 2.67. The van der Waals surface area contributed by atoms with Crippen LogP contribution >= 0.6 is 0 Å². The molecule has 1 fully saturated rings. The Balaban J connectivity index is 1.53. The number of piperidine rings is 1. The maximum atomic E-state index is 14.2. The predicted octanol–water partition coefficient (Wildman–Crippen LogP) is 3.93. The van der Waals surface area contributed by atoms with Crippen LogP contribution in [0, 0.1) is 18.7 Å². The van der Waals surface area contributed by atoms with Gasteiger partial charge in [0.1, 0.15) is 11.9 Å². The van der Waals surface area contributed by atoms with Crippen molar-refractivity contribution >= 4 is 17.5 Å². The summed E-state index contributed by atoms with van der Waals surface area (Å²) >= 11 is 0. The predicted molar refractivity (Wildman–Crippen MR) is 119 cm³/mol. The summed E-state index contributed by atoms with van der Waals surface area (Å²) in [5.41, 5.74) is 3.10. The molecule has 2 aliphatic heterocycles. The van der Waals surface area contributed by atoms with Crippen LogP contribution in [0.5, 0.6) is 0 Å². The van der Waals surface area contributed by atoms with E-state index < -0.39 is 11.9 Å². The molecule has 6 heteroatoms. The van der Waals surface area contributed by atoms with Crippen LogP contribution in [0.3, 0.4) is 0 Å². The number of hydrogen-bond acceptors (Lipinski definition) is 3. The zero-order valence-electron chi connectivity index (χ0n) is 18.2. The summed E-state index contributed by atoms with van der Waals surface area (Å²) in [6.07, 6.45) is 2.80. The fourth-order valence-electron chi connectivity index (χ4n) is 4.58. The van der Waals surface area contributed by atoms with E-state index in [4.69, 9.17) is 0 Å². The Morgan fingerprint density at radius 2 is 1.84 bits per heavy atom. The first kappa shape index (κ1) is 21.5. The first-order valence-corrected chi connectivity index (χ1v) is 11.1. The molecule has 0 aromatic heterocycles. The van der Waals surface area contributed by atoms with Gasteiger partial charge in [-0.2, -0.15) is 0 Å². The number of benzene rings is 2. The van der Waals surface area contributed by atoms with Gasteiger partial charge in [0.25, 0.3) is 0 Å². The lowest BCUT2D eigenvalue weighted by Gasteiger charge is -2.40. The van der Waals surface area contributed by atoms with Crippen molar-refractivity contribution in [1.29, 1.82) is 0 Å². The average molecular weight is 424 g/mol. The Kier molecular flexibility index (Phi) is 6.37. The number of carbonyl (C=O) groups excluding carboxylic acids is 2. The standard InChI is InChI=1S/C25H30FN3O2/c1-17-9-12-28(13-10-17)25(31)24-20-6-4-3-5-19(20)11-14-29(24)16-23(30)27-22-8-7-18(2)15-21(22)26/h3-8,15,17,24H,9-14,16H2,1-2H3,(H,27,30)/t24-/m1/s1. The molecule has 1 N–H and O–H groups in total. The van der Waals surface area contributed by atoms with Crippen molar-refractivity contribution in [2.24, 2.45) is 5.92 Å². The normalized spacial score (nSPS) is 19.7. The van der Waals surface area contributed by atoms with Gasteiger partial charge in [-0.05, 0) is 60.9 Å². The van der Waals surface area contributed by atoms with E-state index in [0.717, 1.165) is 49.0 Å². The minimum absolute atomic E-state index is 0.0439. The SMILES string of the molecule is Cc1ccc(NC(=O)CN2CCc3ccccc3[C@@H]2C(=O)N2CCC(C)CC2)c(F)c1. The average Bonchev–Trinajstić information content (AvgIpc) is 2.75. The van der Waals surface area contributed by atoms with Crippen LogP contribution in [0.15, 0.2) is 42.5 Å². The van der Waals surface area contributed by atoms with Crippen LogP contribution in [0.25, 0.3) is 0 Å². The third-order valence-electron chi connectivity index (χ3n) is 6.46. The summed E-state index contributed by atoms with van der Waals surface area (Å²) in [7, 11) is 0. The van der Waals surface area contributed by atoms with Crippen LogP contribution in [0.4, 0.5) is 10.1 Å². The summed E-state index contributed by atoms with van der Waals surface area (Å²) in [6, 6.07) is 12.3. The van der Waals surface area contributed by atoms with Gasteiger partial charge in [-0.1, -0.05) is 37.3 Å². The number of hydrogen-bond donors (Lipinski definition) is 1. The van der Waals surface area contributed by atoms with E-state index >= 15 is 0 Å². The van der Waals surface area contributed by atoms with Crippen molar-refractivity contribution in [3.05, 3.63) is 65.0 Å². The number of likely N-dealkylation sites (tertiary alicyclic amines) is 1. The largest absolute Gasteiger partial charge is 0.341 e. The fraction of sp³-hybridized carbons (Fsp3) is 0.440. The Labute approximate surface area is 183 Å². The highest BCUT2D eigenvalue weighted by Crippen LogP contribution is 2.32. The van der Waals surface area contributed by atoms with Crippen molar-refractivity contribution in [3.63, 3.8) is 0 Å². The molecule has 5 nitrogen and oxygen atoms in total. The molecule has 164 valence electrons. The van der Waals surface area contributed by atoms with Gasteiger partial charge in [0, 0.05) is 19.6 Å². The first-order chi connectivity index (χ1) is 14.9. The van der Waals surface area contributed by atoms with Crippen molar-refractivity contribution < 1.29 is 14.0 Å². The molecule has 2 amide bonds. The molecule has 0 radical (unpaired) electrons. The summed E-state index contributed by atoms with van der Waals surface area (Å²) in [5.74, 6) is -0.0676. The molecule has 0 bridgehead atoms. The van der Waals surface area contributed by atoms with E-state index in [1.165, 1.54) is 6.07 Å². The first-order valence-electron chi connectivity index (χ1n) is 11.1. The molecule has 31 heavy (non-hydrogen) atoms. The van der Waals surface area contributed by atoms with Gasteiger partial charge in [-0.25, -0.2) is 4.39 Å². The van der Waals surface area contributed by atoms with E-state index in [1.807, 2.05) is 28.0 Å². The lowest BCUT2D eigenvalue weighted by molar-refractivity contribution is -0.139. The second-order valence-electron chi connectivity index (χ2n) is 8.86. The summed E-state index contributed by atoms with van der Waals surface area (Å²) in [6.45, 7) is 6.19. The molecule has 2 aliphatic rings. The van der Waals surface area contributed by atoms with Crippen LogP contribution in [0.2, 0.25) is 0 Å². The number of anilines is 1. The Hall–Kier alpha value is -2.73. The number of fused-ring (bicyclic) bond motifs is 1. The van der Waals surface area contributed by atoms with E-state index in [-0.39, 0.29) is 24.0 Å². The molecule has 4 rings (SSSR count). The van der Waals surface area contributed by atoms with Crippen LogP contribution in [0.1, 0.15) is 42.5 Å². The zero-order valence-corrected chi connectivity index (χ0v) is 18.2. The molecule has 0 spiro atoms. The molecular formula is C25H30FN3O2. The Morgan fingerprint density at radius 3 is 2.58 bits per heavy atom. The zero-order chi connectivity index (χ0) is 22.0. The van der Waals surface area contributed by atoms with Gasteiger partial charge < -0.3 is 10.2 Å². The third-order valence-corrected chi connectivity index (χ3v) is 6.46. The number of nitrogens with zero attached hydrogens (tertiary/aromatic N) is 2. The van der Waals surface area contributed by atoms with E-state index in [9.17, 15) is 14.0 Å². The number of rotatable bonds is 4. The van der Waals surface area contributed by atoms with Crippen molar-refractivity contribution in [2.45, 2.75) is 39.2 Å². The van der Waals surface area contributed by atoms with E-state index in [0.29, 0.717) is 12.5 Å². The minimum Gasteiger partial charge on any atom is -0.341 e. The number of aryl methyl sites for hydroxylation is 1. The number of halogens is 1. The molecular weight excluding hydrogens is 393 g/mol. The Morgan fingerprint density at radius 1 is 1.10 bits per heavy atom. The monoisotopic (exact) mass is 423 g/mol. The highest BCUT2D eigenvalue weighted by molar-refractivity contribution is 5.93. The number of carbonyl (C=O) groups is 2. The fourth-order valence-corrected chi connectivity index (χ4v) is 4.58. The highest BCUT2D eigenvalue weighted by Gasteiger charge is 2.37. The molecule has 0 aliphatic carbocycles. The second kappa shape index (κ2) is 9.18. The highest BCUT2D eigenvalue weighted by atomic mass is 19.1. The van der Waals surface area contributed by atoms with Gasteiger partial charge in [0.15, 0.2) is 0 Å². The summed E-state index contributed by atoms with van der Waals surface area (Å²) in [4.78, 5) is 30.2. The molecule has 1 saturated heterocycles. The van der Waals surface area contributed by atoms with Gasteiger partial charge in [-0.3, -0.25) is 14.5 Å². The molecule has 0 unspecified atom stereocenters. The molecule has 0 saturated carbocycles. The number of nitrogens with one attached hydrogen (secondary N) is 1. The maximum absolute atomic E-state index is 14.2. The van der Waals surface area contributed by atoms with Crippen LogP contribution < -0.4 is 5.32 Å². The third kappa shape index (κ3) is 4.79. The van der Waals surface area contributed by atoms with Crippen LogP contribution in [-0.2, 0) is 16.0 Å². The molecule has 2 heterocycles. The van der Waals surface area contributed by atoms with Crippen molar-refractivity contribution in [1.82, 2.24) is 9.80 Å². The molecule has 2 aromatic rings. The quantitative estimate of drug-likeness (QED) is 0.811. The van der Waals surface area contributed by atoms with E-state index in [1.54, 1.807) is 19.1 Å². The number of amides is 2. The molecule has 1 atom stereocenters. The lowest BCUT2D eigenvalue weighted by Crippen LogP contribution is -2.50. The van der Waals surface area contributed by atoms with Gasteiger partial charge in [0.05, 0.1) is 12.2 Å². The van der Waals surface area contributed by atoms with E-state index in [2.05, 4.69) is 18.3 Å². The molecule has 2 aromatic carbocycles. The Bertz CT molecular complexity index is 969. The topological polar surface area (TPSA) is 52.7 Å². The lowest BCUT2D eigenvalue weighted by atomic mass is 9.90. The minimum atomic E-state index is -0.480. The smallest absolute Gasteiger partial charge is 0.244 e. The van der Waals surface area contributed by atoms with Crippen LogP contribution in [-0.4, -0.2) is 47.8 Å². The van der Waals surface area contributed by atoms with Gasteiger partial charge in [-0.15, -0.1) is 0 Å². The maximum Gasteiger partial charge on any atom is 0.244 e. The second-order valence-corrected chi connectivity index (χ2v) is 8.86. The van der Waals surface area contributed by atoms with Crippen molar-refractivity contribution in [3.8, 4) is 0 Å². The van der Waals surface area contributed by atoms with Crippen molar-refractivity contribution in [2.75, 3.05) is 31.5 Å².